The van der Waals surface area contributed by atoms with E-state index in [0.29, 0.717) is 5.56 Å². The van der Waals surface area contributed by atoms with Crippen LogP contribution in [0.15, 0.2) is 97.1 Å². The fourth-order valence-corrected chi connectivity index (χ4v) is 4.20. The van der Waals surface area contributed by atoms with E-state index >= 15 is 0 Å². The Bertz CT molecular complexity index is 1170. The zero-order chi connectivity index (χ0) is 20.9. The highest BCUT2D eigenvalue weighted by atomic mass is 127. The summed E-state index contributed by atoms with van der Waals surface area (Å²) in [4.78, 5) is 13.2. The molecule has 30 heavy (non-hydrogen) atoms. The van der Waals surface area contributed by atoms with Gasteiger partial charge in [0.25, 0.3) is 0 Å². The molecular formula is C27H21IO2. The molecule has 0 bridgehead atoms. The third kappa shape index (κ3) is 4.46. The Kier molecular flexibility index (Phi) is 6.29. The summed E-state index contributed by atoms with van der Waals surface area (Å²) < 4.78 is 6.81. The molecular weight excluding hydrogens is 483 g/mol. The Morgan fingerprint density at radius 3 is 2.13 bits per heavy atom. The summed E-state index contributed by atoms with van der Waals surface area (Å²) in [5.41, 5.74) is 6.64. The predicted molar refractivity (Wildman–Crippen MR) is 130 cm³/mol. The van der Waals surface area contributed by atoms with Gasteiger partial charge in [-0.1, -0.05) is 84.9 Å². The number of carbonyl (C=O) groups is 1. The second kappa shape index (κ2) is 9.26. The van der Waals surface area contributed by atoms with Gasteiger partial charge in [-0.05, 0) is 69.5 Å². The quantitative estimate of drug-likeness (QED) is 0.211. The second-order valence-electron chi connectivity index (χ2n) is 7.14. The number of hydrogen-bond donors (Lipinski definition) is 0. The summed E-state index contributed by atoms with van der Waals surface area (Å²) in [5, 5.41) is 0. The lowest BCUT2D eigenvalue weighted by Crippen LogP contribution is -2.09. The van der Waals surface area contributed by atoms with Gasteiger partial charge in [0.1, 0.15) is 6.61 Å². The van der Waals surface area contributed by atoms with Gasteiger partial charge < -0.3 is 4.74 Å². The van der Waals surface area contributed by atoms with Crippen LogP contribution in [-0.2, 0) is 11.3 Å². The van der Waals surface area contributed by atoms with E-state index in [1.807, 2.05) is 73.7 Å². The summed E-state index contributed by atoms with van der Waals surface area (Å²) in [6.45, 7) is 2.26. The van der Waals surface area contributed by atoms with Crippen molar-refractivity contribution >= 4 is 28.6 Å². The Morgan fingerprint density at radius 2 is 1.43 bits per heavy atom. The van der Waals surface area contributed by atoms with Crippen molar-refractivity contribution in [2.75, 3.05) is 0 Å². The van der Waals surface area contributed by atoms with Gasteiger partial charge in [-0.3, -0.25) is 0 Å². The topological polar surface area (TPSA) is 26.3 Å². The van der Waals surface area contributed by atoms with Gasteiger partial charge in [0.2, 0.25) is 0 Å². The molecule has 4 rings (SSSR count). The molecule has 0 saturated carbocycles. The van der Waals surface area contributed by atoms with Gasteiger partial charge in [-0.25, -0.2) is 4.79 Å². The lowest BCUT2D eigenvalue weighted by molar-refractivity contribution is 0.0473. The Balaban J connectivity index is 1.84. The smallest absolute Gasteiger partial charge is 0.339 e. The Hall–Kier alpha value is -2.92. The van der Waals surface area contributed by atoms with Crippen LogP contribution in [0.3, 0.4) is 0 Å². The molecule has 148 valence electrons. The minimum Gasteiger partial charge on any atom is -0.457 e. The highest BCUT2D eigenvalue weighted by Gasteiger charge is 2.21. The van der Waals surface area contributed by atoms with Crippen molar-refractivity contribution in [1.29, 1.82) is 0 Å². The highest BCUT2D eigenvalue weighted by molar-refractivity contribution is 14.1. The van der Waals surface area contributed by atoms with Crippen LogP contribution >= 0.6 is 22.6 Å². The lowest BCUT2D eigenvalue weighted by Gasteiger charge is -2.18. The van der Waals surface area contributed by atoms with Crippen LogP contribution in [0.4, 0.5) is 0 Å². The largest absolute Gasteiger partial charge is 0.457 e. The summed E-state index contributed by atoms with van der Waals surface area (Å²) in [6, 6.07) is 32.2. The summed E-state index contributed by atoms with van der Waals surface area (Å²) in [6.07, 6.45) is 0. The van der Waals surface area contributed by atoms with Crippen LogP contribution in [0.5, 0.6) is 0 Å². The molecule has 0 heterocycles. The molecule has 2 nitrogen and oxygen atoms in total. The zero-order valence-corrected chi connectivity index (χ0v) is 18.8. The molecule has 0 aliphatic heterocycles. The number of esters is 1. The molecule has 0 fully saturated rings. The van der Waals surface area contributed by atoms with Crippen LogP contribution in [0.2, 0.25) is 0 Å². The Labute approximate surface area is 190 Å². The fourth-order valence-electron chi connectivity index (χ4n) is 3.55. The maximum Gasteiger partial charge on any atom is 0.339 e. The number of ether oxygens (including phenoxy) is 1. The van der Waals surface area contributed by atoms with E-state index in [9.17, 15) is 4.79 Å². The first-order chi connectivity index (χ1) is 14.6. The van der Waals surface area contributed by atoms with Crippen LogP contribution < -0.4 is 0 Å². The molecule has 3 heteroatoms. The van der Waals surface area contributed by atoms with Crippen LogP contribution in [-0.4, -0.2) is 5.97 Å². The van der Waals surface area contributed by atoms with E-state index in [4.69, 9.17) is 4.74 Å². The minimum absolute atomic E-state index is 0.250. The maximum atomic E-state index is 13.2. The van der Waals surface area contributed by atoms with Crippen molar-refractivity contribution in [3.8, 4) is 22.3 Å². The second-order valence-corrected chi connectivity index (χ2v) is 8.30. The third-order valence-electron chi connectivity index (χ3n) is 4.94. The first-order valence-electron chi connectivity index (χ1n) is 9.79. The molecule has 0 aliphatic rings. The molecule has 0 atom stereocenters. The van der Waals surface area contributed by atoms with Crippen molar-refractivity contribution in [3.05, 3.63) is 117 Å². The van der Waals surface area contributed by atoms with E-state index in [2.05, 4.69) is 52.9 Å². The molecule has 0 aromatic heterocycles. The minimum atomic E-state index is -0.311. The number of aryl methyl sites for hydroxylation is 1. The predicted octanol–water partition coefficient (Wildman–Crippen LogP) is 7.29. The molecule has 0 spiro atoms. The molecule has 0 amide bonds. The number of hydrogen-bond acceptors (Lipinski definition) is 2. The maximum absolute atomic E-state index is 13.2. The van der Waals surface area contributed by atoms with Crippen LogP contribution in [0.25, 0.3) is 22.3 Å². The van der Waals surface area contributed by atoms with Gasteiger partial charge in [0.15, 0.2) is 0 Å². The first kappa shape index (κ1) is 20.4. The number of carbonyl (C=O) groups excluding carboxylic acids is 1. The third-order valence-corrected chi connectivity index (χ3v) is 5.88. The monoisotopic (exact) mass is 504 g/mol. The van der Waals surface area contributed by atoms with Crippen LogP contribution in [0.1, 0.15) is 21.5 Å². The van der Waals surface area contributed by atoms with Crippen molar-refractivity contribution in [2.24, 2.45) is 0 Å². The fraction of sp³-hybridized carbons (Fsp3) is 0.0741. The summed E-state index contributed by atoms with van der Waals surface area (Å²) in [7, 11) is 0. The summed E-state index contributed by atoms with van der Waals surface area (Å²) >= 11 is 2.33. The van der Waals surface area contributed by atoms with E-state index in [1.165, 1.54) is 0 Å². The van der Waals surface area contributed by atoms with Crippen molar-refractivity contribution in [3.63, 3.8) is 0 Å². The van der Waals surface area contributed by atoms with Crippen molar-refractivity contribution < 1.29 is 9.53 Å². The van der Waals surface area contributed by atoms with E-state index in [1.54, 1.807) is 0 Å². The number of halogens is 1. The van der Waals surface area contributed by atoms with Crippen molar-refractivity contribution in [1.82, 2.24) is 0 Å². The van der Waals surface area contributed by atoms with Gasteiger partial charge in [-0.2, -0.15) is 0 Å². The average molecular weight is 504 g/mol. The zero-order valence-electron chi connectivity index (χ0n) is 16.6. The van der Waals surface area contributed by atoms with Gasteiger partial charge in [-0.15, -0.1) is 0 Å². The molecule has 4 aromatic rings. The van der Waals surface area contributed by atoms with Gasteiger partial charge in [0.05, 0.1) is 5.56 Å². The first-order valence-corrected chi connectivity index (χ1v) is 10.9. The van der Waals surface area contributed by atoms with E-state index in [-0.39, 0.29) is 12.6 Å². The van der Waals surface area contributed by atoms with Gasteiger partial charge in [0, 0.05) is 9.13 Å². The number of benzene rings is 4. The normalized spacial score (nSPS) is 10.6. The molecule has 4 aromatic carbocycles. The molecule has 0 aliphatic carbocycles. The average Bonchev–Trinajstić information content (AvgIpc) is 2.79. The Morgan fingerprint density at radius 1 is 0.800 bits per heavy atom. The van der Waals surface area contributed by atoms with Gasteiger partial charge >= 0.3 is 5.97 Å². The summed E-state index contributed by atoms with van der Waals surface area (Å²) in [5.74, 6) is -0.311. The molecule has 0 saturated heterocycles. The number of rotatable bonds is 5. The molecule has 0 unspecified atom stereocenters. The molecule has 0 N–H and O–H groups in total. The van der Waals surface area contributed by atoms with E-state index < -0.39 is 0 Å². The van der Waals surface area contributed by atoms with E-state index in [0.717, 1.165) is 37.0 Å². The van der Waals surface area contributed by atoms with Crippen molar-refractivity contribution in [2.45, 2.75) is 13.5 Å². The SMILES string of the molecule is Cc1cc(C(=O)OCc2ccccc2)c(-c2ccccc2I)c(-c2ccccc2)c1. The lowest BCUT2D eigenvalue weighted by atomic mass is 9.89. The van der Waals surface area contributed by atoms with Crippen LogP contribution in [0, 0.1) is 10.5 Å². The highest BCUT2D eigenvalue weighted by Crippen LogP contribution is 2.38. The molecule has 0 radical (unpaired) electrons. The standard InChI is InChI=1S/C27H21IO2/c1-19-16-23(21-12-6-3-7-13-21)26(22-14-8-9-15-25(22)28)24(17-19)27(29)30-18-20-10-4-2-5-11-20/h2-17H,18H2,1H3.